The van der Waals surface area contributed by atoms with Crippen molar-refractivity contribution in [3.05, 3.63) is 37.0 Å². The normalized spacial score (nSPS) is 19.5. The van der Waals surface area contributed by atoms with E-state index >= 15 is 0 Å². The molecule has 0 radical (unpaired) electrons. The standard InChI is InChI=1S/C13H22N2/c1-4-5-6-13(2)7-8-15-11-9-14(3)10-12-15/h4-6H,1-2,7-12H2,3H3. The molecule has 2 nitrogen and oxygen atoms in total. The van der Waals surface area contributed by atoms with E-state index in [1.165, 1.54) is 31.8 Å². The number of allylic oxidation sites excluding steroid dienone is 3. The van der Waals surface area contributed by atoms with Crippen molar-refractivity contribution in [3.63, 3.8) is 0 Å². The molecule has 1 aliphatic rings. The molecule has 0 saturated carbocycles. The van der Waals surface area contributed by atoms with Gasteiger partial charge in [-0.3, -0.25) is 0 Å². The van der Waals surface area contributed by atoms with Gasteiger partial charge in [-0.2, -0.15) is 0 Å². The molecule has 1 fully saturated rings. The average molecular weight is 206 g/mol. The highest BCUT2D eigenvalue weighted by molar-refractivity contribution is 5.18. The highest BCUT2D eigenvalue weighted by atomic mass is 15.2. The monoisotopic (exact) mass is 206 g/mol. The Balaban J connectivity index is 2.17. The lowest BCUT2D eigenvalue weighted by Gasteiger charge is -2.32. The van der Waals surface area contributed by atoms with E-state index in [1.807, 2.05) is 12.2 Å². The summed E-state index contributed by atoms with van der Waals surface area (Å²) in [5.74, 6) is 0. The summed E-state index contributed by atoms with van der Waals surface area (Å²) in [5.41, 5.74) is 1.19. The predicted molar refractivity (Wildman–Crippen MR) is 67.0 cm³/mol. The van der Waals surface area contributed by atoms with Crippen LogP contribution in [0, 0.1) is 0 Å². The minimum absolute atomic E-state index is 1.06. The van der Waals surface area contributed by atoms with Crippen LogP contribution < -0.4 is 0 Å². The Kier molecular flexibility index (Phi) is 5.37. The third-order valence-electron chi connectivity index (χ3n) is 2.81. The molecule has 0 aromatic heterocycles. The SMILES string of the molecule is C=CC=CC(=C)CCN1CCN(C)CC1. The molecular formula is C13H22N2. The molecule has 0 aromatic rings. The lowest BCUT2D eigenvalue weighted by atomic mass is 10.2. The third-order valence-corrected chi connectivity index (χ3v) is 2.81. The molecule has 0 aliphatic carbocycles. The molecule has 0 N–H and O–H groups in total. The second-order valence-corrected chi connectivity index (χ2v) is 4.15. The average Bonchev–Trinajstić information content (AvgIpc) is 2.25. The van der Waals surface area contributed by atoms with Gasteiger partial charge >= 0.3 is 0 Å². The fraction of sp³-hybridized carbons (Fsp3) is 0.538. The Morgan fingerprint density at radius 3 is 2.53 bits per heavy atom. The first-order valence-corrected chi connectivity index (χ1v) is 5.60. The summed E-state index contributed by atoms with van der Waals surface area (Å²) < 4.78 is 0. The van der Waals surface area contributed by atoms with Crippen molar-refractivity contribution in [2.24, 2.45) is 0 Å². The molecule has 2 heteroatoms. The molecule has 0 bridgehead atoms. The van der Waals surface area contributed by atoms with Gasteiger partial charge in [-0.15, -0.1) is 0 Å². The van der Waals surface area contributed by atoms with Crippen LogP contribution in [0.5, 0.6) is 0 Å². The topological polar surface area (TPSA) is 6.48 Å². The quantitative estimate of drug-likeness (QED) is 0.634. The van der Waals surface area contributed by atoms with Crippen molar-refractivity contribution in [2.75, 3.05) is 39.8 Å². The molecule has 15 heavy (non-hydrogen) atoms. The van der Waals surface area contributed by atoms with Gasteiger partial charge in [-0.25, -0.2) is 0 Å². The molecule has 0 amide bonds. The number of piperazine rings is 1. The lowest BCUT2D eigenvalue weighted by Crippen LogP contribution is -2.44. The van der Waals surface area contributed by atoms with E-state index in [4.69, 9.17) is 0 Å². The Labute approximate surface area is 93.6 Å². The van der Waals surface area contributed by atoms with E-state index in [0.29, 0.717) is 0 Å². The first-order chi connectivity index (χ1) is 7.22. The molecule has 0 aromatic carbocycles. The molecule has 0 spiro atoms. The zero-order valence-corrected chi connectivity index (χ0v) is 9.78. The van der Waals surface area contributed by atoms with Crippen molar-refractivity contribution in [1.82, 2.24) is 9.80 Å². The van der Waals surface area contributed by atoms with Gasteiger partial charge in [0.2, 0.25) is 0 Å². The van der Waals surface area contributed by atoms with E-state index < -0.39 is 0 Å². The molecule has 1 saturated heterocycles. The zero-order valence-electron chi connectivity index (χ0n) is 9.78. The molecule has 1 rings (SSSR count). The molecule has 1 heterocycles. The van der Waals surface area contributed by atoms with Crippen molar-refractivity contribution in [3.8, 4) is 0 Å². The van der Waals surface area contributed by atoms with Gasteiger partial charge in [-0.05, 0) is 13.5 Å². The highest BCUT2D eigenvalue weighted by Gasteiger charge is 2.12. The summed E-state index contributed by atoms with van der Waals surface area (Å²) in [6, 6.07) is 0. The number of rotatable bonds is 5. The second-order valence-electron chi connectivity index (χ2n) is 4.15. The van der Waals surface area contributed by atoms with Crippen LogP contribution in [0.4, 0.5) is 0 Å². The minimum atomic E-state index is 1.06. The summed E-state index contributed by atoms with van der Waals surface area (Å²) in [4.78, 5) is 4.88. The number of likely N-dealkylation sites (N-methyl/N-ethyl adjacent to an activating group) is 1. The maximum atomic E-state index is 4.02. The molecule has 0 unspecified atom stereocenters. The Morgan fingerprint density at radius 1 is 1.27 bits per heavy atom. The predicted octanol–water partition coefficient (Wildman–Crippen LogP) is 1.92. The summed E-state index contributed by atoms with van der Waals surface area (Å²) in [6.07, 6.45) is 6.85. The van der Waals surface area contributed by atoms with E-state index in [2.05, 4.69) is 30.0 Å². The van der Waals surface area contributed by atoms with Gasteiger partial charge in [0.15, 0.2) is 0 Å². The number of hydrogen-bond donors (Lipinski definition) is 0. The van der Waals surface area contributed by atoms with E-state index in [1.54, 1.807) is 6.08 Å². The molecule has 84 valence electrons. The van der Waals surface area contributed by atoms with E-state index in [0.717, 1.165) is 13.0 Å². The van der Waals surface area contributed by atoms with Crippen molar-refractivity contribution in [2.45, 2.75) is 6.42 Å². The number of hydrogen-bond acceptors (Lipinski definition) is 2. The van der Waals surface area contributed by atoms with Gasteiger partial charge in [0.1, 0.15) is 0 Å². The van der Waals surface area contributed by atoms with Gasteiger partial charge in [-0.1, -0.05) is 37.0 Å². The minimum Gasteiger partial charge on any atom is -0.304 e. The van der Waals surface area contributed by atoms with E-state index in [-0.39, 0.29) is 0 Å². The fourth-order valence-electron chi connectivity index (χ4n) is 1.66. The molecule has 0 atom stereocenters. The molecule has 1 aliphatic heterocycles. The van der Waals surface area contributed by atoms with Gasteiger partial charge in [0, 0.05) is 32.7 Å². The summed E-state index contributed by atoms with van der Waals surface area (Å²) >= 11 is 0. The van der Waals surface area contributed by atoms with Crippen LogP contribution in [0.15, 0.2) is 37.0 Å². The van der Waals surface area contributed by atoms with Crippen LogP contribution in [0.1, 0.15) is 6.42 Å². The second kappa shape index (κ2) is 6.59. The Bertz CT molecular complexity index is 235. The molecular weight excluding hydrogens is 184 g/mol. The summed E-state index contributed by atoms with van der Waals surface area (Å²) in [5, 5.41) is 0. The van der Waals surface area contributed by atoms with Crippen LogP contribution >= 0.6 is 0 Å². The van der Waals surface area contributed by atoms with Gasteiger partial charge in [0.25, 0.3) is 0 Å². The van der Waals surface area contributed by atoms with Crippen molar-refractivity contribution >= 4 is 0 Å². The van der Waals surface area contributed by atoms with Crippen LogP contribution in [0.25, 0.3) is 0 Å². The highest BCUT2D eigenvalue weighted by Crippen LogP contribution is 2.05. The van der Waals surface area contributed by atoms with Crippen LogP contribution in [0.2, 0.25) is 0 Å². The fourth-order valence-corrected chi connectivity index (χ4v) is 1.66. The van der Waals surface area contributed by atoms with Gasteiger partial charge in [0.05, 0.1) is 0 Å². The number of nitrogens with zero attached hydrogens (tertiary/aromatic N) is 2. The van der Waals surface area contributed by atoms with E-state index in [9.17, 15) is 0 Å². The Morgan fingerprint density at radius 2 is 1.93 bits per heavy atom. The van der Waals surface area contributed by atoms with Crippen molar-refractivity contribution in [1.29, 1.82) is 0 Å². The first kappa shape index (κ1) is 12.2. The van der Waals surface area contributed by atoms with Crippen LogP contribution in [-0.4, -0.2) is 49.6 Å². The maximum Gasteiger partial charge on any atom is 0.0110 e. The lowest BCUT2D eigenvalue weighted by molar-refractivity contribution is 0.156. The smallest absolute Gasteiger partial charge is 0.0110 e. The summed E-state index contributed by atoms with van der Waals surface area (Å²) in [6.45, 7) is 13.6. The first-order valence-electron chi connectivity index (χ1n) is 5.60. The van der Waals surface area contributed by atoms with Crippen LogP contribution in [0.3, 0.4) is 0 Å². The van der Waals surface area contributed by atoms with Crippen LogP contribution in [-0.2, 0) is 0 Å². The zero-order chi connectivity index (χ0) is 11.1. The van der Waals surface area contributed by atoms with Gasteiger partial charge < -0.3 is 9.80 Å². The Hall–Kier alpha value is -0.860. The largest absolute Gasteiger partial charge is 0.304 e. The third kappa shape index (κ3) is 4.96. The summed E-state index contributed by atoms with van der Waals surface area (Å²) in [7, 11) is 2.18. The van der Waals surface area contributed by atoms with Crippen molar-refractivity contribution < 1.29 is 0 Å². The maximum absolute atomic E-state index is 4.02.